The van der Waals surface area contributed by atoms with E-state index in [0.717, 1.165) is 13.0 Å². The lowest BCUT2D eigenvalue weighted by molar-refractivity contribution is 0.368. The molecule has 0 amide bonds. The Labute approximate surface area is 123 Å². The molecule has 4 nitrogen and oxygen atoms in total. The molecule has 0 saturated carbocycles. The van der Waals surface area contributed by atoms with E-state index in [4.69, 9.17) is 4.52 Å². The van der Waals surface area contributed by atoms with Crippen LogP contribution in [0.25, 0.3) is 0 Å². The van der Waals surface area contributed by atoms with Gasteiger partial charge in [-0.2, -0.15) is 4.98 Å². The van der Waals surface area contributed by atoms with Crippen LogP contribution in [0.2, 0.25) is 0 Å². The lowest BCUT2D eigenvalue weighted by Crippen LogP contribution is -2.26. The number of nitrogens with zero attached hydrogens (tertiary/aromatic N) is 2. The second kappa shape index (κ2) is 5.66. The first-order valence-electron chi connectivity index (χ1n) is 6.10. The van der Waals surface area contributed by atoms with Crippen LogP contribution in [-0.2, 0) is 12.8 Å². The van der Waals surface area contributed by atoms with E-state index in [1.807, 2.05) is 11.3 Å². The Hall–Kier alpha value is -0.470. The number of aromatic nitrogens is 2. The Morgan fingerprint density at radius 3 is 3.33 bits per heavy atom. The molecule has 0 bridgehead atoms. The zero-order valence-electron chi connectivity index (χ0n) is 9.86. The SMILES string of the molecule is Ic1cc2c(s1)CCCC2NCCc1ncno1. The molecule has 1 unspecified atom stereocenters. The van der Waals surface area contributed by atoms with Gasteiger partial charge in [-0.15, -0.1) is 11.3 Å². The molecule has 6 heteroatoms. The van der Waals surface area contributed by atoms with Gasteiger partial charge in [-0.1, -0.05) is 5.16 Å². The Kier molecular flexibility index (Phi) is 3.95. The van der Waals surface area contributed by atoms with Crippen LogP contribution >= 0.6 is 33.9 Å². The van der Waals surface area contributed by atoms with Gasteiger partial charge in [0.15, 0.2) is 6.33 Å². The normalized spacial score (nSPS) is 18.8. The van der Waals surface area contributed by atoms with E-state index in [-0.39, 0.29) is 0 Å². The Morgan fingerprint density at radius 1 is 1.56 bits per heavy atom. The molecule has 1 atom stereocenters. The van der Waals surface area contributed by atoms with Crippen molar-refractivity contribution in [2.24, 2.45) is 0 Å². The van der Waals surface area contributed by atoms with E-state index in [0.29, 0.717) is 11.9 Å². The number of hydrogen-bond acceptors (Lipinski definition) is 5. The number of aryl methyl sites for hydroxylation is 1. The quantitative estimate of drug-likeness (QED) is 0.835. The average molecular weight is 375 g/mol. The summed E-state index contributed by atoms with van der Waals surface area (Å²) in [6, 6.07) is 2.82. The molecule has 0 saturated heterocycles. The van der Waals surface area contributed by atoms with E-state index in [1.54, 1.807) is 4.88 Å². The molecule has 1 aliphatic carbocycles. The van der Waals surface area contributed by atoms with Crippen LogP contribution < -0.4 is 5.32 Å². The van der Waals surface area contributed by atoms with E-state index in [9.17, 15) is 0 Å². The van der Waals surface area contributed by atoms with Gasteiger partial charge in [0.2, 0.25) is 5.89 Å². The Bertz CT molecular complexity index is 511. The molecule has 2 heterocycles. The number of halogens is 1. The molecule has 0 aliphatic heterocycles. The maximum absolute atomic E-state index is 5.00. The molecular weight excluding hydrogens is 361 g/mol. The van der Waals surface area contributed by atoms with Gasteiger partial charge in [0.1, 0.15) is 0 Å². The van der Waals surface area contributed by atoms with Crippen molar-refractivity contribution in [1.29, 1.82) is 0 Å². The van der Waals surface area contributed by atoms with E-state index < -0.39 is 0 Å². The van der Waals surface area contributed by atoms with Gasteiger partial charge < -0.3 is 9.84 Å². The predicted octanol–water partition coefficient (Wildman–Crippen LogP) is 2.95. The maximum atomic E-state index is 5.00. The zero-order chi connectivity index (χ0) is 12.4. The third-order valence-corrected chi connectivity index (χ3v) is 5.19. The molecule has 1 aliphatic rings. The van der Waals surface area contributed by atoms with Crippen LogP contribution in [0.4, 0.5) is 0 Å². The van der Waals surface area contributed by atoms with E-state index in [1.165, 1.54) is 34.0 Å². The van der Waals surface area contributed by atoms with Gasteiger partial charge in [-0.05, 0) is 53.5 Å². The molecule has 3 rings (SSSR count). The lowest BCUT2D eigenvalue weighted by Gasteiger charge is -2.23. The monoisotopic (exact) mass is 375 g/mol. The number of nitrogens with one attached hydrogen (secondary N) is 1. The zero-order valence-corrected chi connectivity index (χ0v) is 12.8. The Balaban J connectivity index is 1.60. The van der Waals surface area contributed by atoms with Crippen LogP contribution in [0.1, 0.15) is 35.2 Å². The van der Waals surface area contributed by atoms with Gasteiger partial charge in [-0.3, -0.25) is 0 Å². The van der Waals surface area contributed by atoms with Crippen LogP contribution in [0.15, 0.2) is 16.9 Å². The van der Waals surface area contributed by atoms with Gasteiger partial charge in [-0.25, -0.2) is 0 Å². The summed E-state index contributed by atoms with van der Waals surface area (Å²) in [5, 5.41) is 7.22. The largest absolute Gasteiger partial charge is 0.340 e. The second-order valence-corrected chi connectivity index (χ2v) is 7.44. The van der Waals surface area contributed by atoms with Gasteiger partial charge in [0.05, 0.1) is 2.88 Å². The summed E-state index contributed by atoms with van der Waals surface area (Å²) in [6.07, 6.45) is 6.00. The molecule has 18 heavy (non-hydrogen) atoms. The number of rotatable bonds is 4. The third kappa shape index (κ3) is 2.75. The van der Waals surface area contributed by atoms with Gasteiger partial charge in [0.25, 0.3) is 0 Å². The molecule has 0 aromatic carbocycles. The fraction of sp³-hybridized carbons (Fsp3) is 0.500. The summed E-state index contributed by atoms with van der Waals surface area (Å²) in [7, 11) is 0. The molecule has 0 fully saturated rings. The fourth-order valence-electron chi connectivity index (χ4n) is 2.39. The highest BCUT2D eigenvalue weighted by atomic mass is 127. The summed E-state index contributed by atoms with van der Waals surface area (Å²) in [6.45, 7) is 0.888. The first-order chi connectivity index (χ1) is 8.83. The van der Waals surface area contributed by atoms with Crippen molar-refractivity contribution >= 4 is 33.9 Å². The smallest absolute Gasteiger partial charge is 0.227 e. The number of hydrogen-bond donors (Lipinski definition) is 1. The average Bonchev–Trinajstić information content (AvgIpc) is 2.97. The standard InChI is InChI=1S/C12H14IN3OS/c13-11-6-8-9(2-1-3-10(8)18-11)14-5-4-12-15-7-16-17-12/h6-7,9,14H,1-5H2. The van der Waals surface area contributed by atoms with Crippen molar-refractivity contribution in [2.75, 3.05) is 6.54 Å². The topological polar surface area (TPSA) is 51.0 Å². The Morgan fingerprint density at radius 2 is 2.50 bits per heavy atom. The molecule has 0 spiro atoms. The summed E-state index contributed by atoms with van der Waals surface area (Å²) < 4.78 is 6.39. The molecule has 2 aromatic rings. The van der Waals surface area contributed by atoms with Crippen LogP contribution in [0.3, 0.4) is 0 Å². The highest BCUT2D eigenvalue weighted by Crippen LogP contribution is 2.36. The predicted molar refractivity (Wildman–Crippen MR) is 78.7 cm³/mol. The van der Waals surface area contributed by atoms with Crippen LogP contribution in [0, 0.1) is 2.88 Å². The number of fused-ring (bicyclic) bond motifs is 1. The minimum atomic E-state index is 0.497. The molecular formula is C12H14IN3OS. The first kappa shape index (κ1) is 12.6. The second-order valence-electron chi connectivity index (χ2n) is 4.41. The molecule has 96 valence electrons. The van der Waals surface area contributed by atoms with Crippen LogP contribution in [0.5, 0.6) is 0 Å². The minimum absolute atomic E-state index is 0.497. The molecule has 1 N–H and O–H groups in total. The third-order valence-electron chi connectivity index (χ3n) is 3.22. The van der Waals surface area contributed by atoms with Crippen molar-refractivity contribution in [3.8, 4) is 0 Å². The van der Waals surface area contributed by atoms with Crippen LogP contribution in [-0.4, -0.2) is 16.7 Å². The van der Waals surface area contributed by atoms with Crippen molar-refractivity contribution in [2.45, 2.75) is 31.7 Å². The van der Waals surface area contributed by atoms with Gasteiger partial charge >= 0.3 is 0 Å². The summed E-state index contributed by atoms with van der Waals surface area (Å²) in [5.74, 6) is 0.707. The van der Waals surface area contributed by atoms with E-state index >= 15 is 0 Å². The fourth-order valence-corrected chi connectivity index (χ4v) is 4.51. The summed E-state index contributed by atoms with van der Waals surface area (Å²) >= 11 is 4.35. The summed E-state index contributed by atoms with van der Waals surface area (Å²) in [5.41, 5.74) is 1.50. The van der Waals surface area contributed by atoms with Crippen molar-refractivity contribution in [1.82, 2.24) is 15.5 Å². The number of thiophene rings is 1. The highest BCUT2D eigenvalue weighted by molar-refractivity contribution is 14.1. The van der Waals surface area contributed by atoms with Crippen molar-refractivity contribution < 1.29 is 4.52 Å². The molecule has 0 radical (unpaired) electrons. The van der Waals surface area contributed by atoms with E-state index in [2.05, 4.69) is 44.1 Å². The summed E-state index contributed by atoms with van der Waals surface area (Å²) in [4.78, 5) is 5.59. The lowest BCUT2D eigenvalue weighted by atomic mass is 9.94. The molecule has 2 aromatic heterocycles. The van der Waals surface area contributed by atoms with Crippen molar-refractivity contribution in [3.05, 3.63) is 31.6 Å². The minimum Gasteiger partial charge on any atom is -0.340 e. The van der Waals surface area contributed by atoms with Gasteiger partial charge in [0, 0.05) is 23.9 Å². The maximum Gasteiger partial charge on any atom is 0.227 e. The van der Waals surface area contributed by atoms with Crippen molar-refractivity contribution in [3.63, 3.8) is 0 Å². The first-order valence-corrected chi connectivity index (χ1v) is 7.99. The highest BCUT2D eigenvalue weighted by Gasteiger charge is 2.22.